The van der Waals surface area contributed by atoms with E-state index in [2.05, 4.69) is 38.8 Å². The zero-order valence-corrected chi connectivity index (χ0v) is 6.94. The highest BCUT2D eigenvalue weighted by atomic mass is 15.1. The van der Waals surface area contributed by atoms with E-state index in [9.17, 15) is 0 Å². The molecule has 0 atom stereocenters. The van der Waals surface area contributed by atoms with E-state index in [0.29, 0.717) is 0 Å². The van der Waals surface area contributed by atoms with Gasteiger partial charge in [-0.15, -0.1) is 0 Å². The van der Waals surface area contributed by atoms with Crippen molar-refractivity contribution in [2.24, 2.45) is 0 Å². The van der Waals surface area contributed by atoms with E-state index < -0.39 is 0 Å². The van der Waals surface area contributed by atoms with Crippen LogP contribution in [0.25, 0.3) is 0 Å². The summed E-state index contributed by atoms with van der Waals surface area (Å²) in [5.74, 6) is 0. The summed E-state index contributed by atoms with van der Waals surface area (Å²) >= 11 is 0. The minimum Gasteiger partial charge on any atom is -0.303 e. The van der Waals surface area contributed by atoms with Crippen LogP contribution < -0.4 is 0 Å². The third kappa shape index (κ3) is 5.57. The van der Waals surface area contributed by atoms with Crippen LogP contribution in [-0.4, -0.2) is 25.0 Å². The molecular formula is C8H17N. The van der Waals surface area contributed by atoms with Gasteiger partial charge in [0.1, 0.15) is 0 Å². The summed E-state index contributed by atoms with van der Waals surface area (Å²) in [6.07, 6.45) is 2.24. The second kappa shape index (κ2) is 4.57. The van der Waals surface area contributed by atoms with Crippen molar-refractivity contribution in [1.82, 2.24) is 4.90 Å². The minimum absolute atomic E-state index is 1.08. The fourth-order valence-corrected chi connectivity index (χ4v) is 0.468. The lowest BCUT2D eigenvalue weighted by atomic mass is 10.3. The summed E-state index contributed by atoms with van der Waals surface area (Å²) in [7, 11) is 2.12. The molecule has 0 aliphatic rings. The van der Waals surface area contributed by atoms with Crippen molar-refractivity contribution < 1.29 is 0 Å². The first-order valence-corrected chi connectivity index (χ1v) is 3.48. The van der Waals surface area contributed by atoms with Gasteiger partial charge in [-0.25, -0.2) is 0 Å². The normalized spacial score (nSPS) is 9.89. The number of hydrogen-bond donors (Lipinski definition) is 0. The van der Waals surface area contributed by atoms with Crippen LogP contribution in [0.4, 0.5) is 0 Å². The second-order valence-corrected chi connectivity index (χ2v) is 2.64. The van der Waals surface area contributed by atoms with Crippen LogP contribution in [0.15, 0.2) is 11.6 Å². The van der Waals surface area contributed by atoms with Gasteiger partial charge in [-0.1, -0.05) is 18.6 Å². The smallest absolute Gasteiger partial charge is 0.0162 e. The van der Waals surface area contributed by atoms with E-state index >= 15 is 0 Å². The Hall–Kier alpha value is -0.300. The Morgan fingerprint density at radius 3 is 2.33 bits per heavy atom. The molecule has 0 radical (unpaired) electrons. The zero-order chi connectivity index (χ0) is 7.28. The lowest BCUT2D eigenvalue weighted by Gasteiger charge is -2.09. The molecule has 54 valence electrons. The van der Waals surface area contributed by atoms with Crippen molar-refractivity contribution in [2.75, 3.05) is 20.1 Å². The highest BCUT2D eigenvalue weighted by Gasteiger charge is 1.87. The van der Waals surface area contributed by atoms with Gasteiger partial charge in [0, 0.05) is 6.54 Å². The van der Waals surface area contributed by atoms with Crippen molar-refractivity contribution in [3.05, 3.63) is 11.6 Å². The molecule has 0 fully saturated rings. The van der Waals surface area contributed by atoms with Gasteiger partial charge in [0.05, 0.1) is 0 Å². The third-order valence-electron chi connectivity index (χ3n) is 1.35. The topological polar surface area (TPSA) is 3.24 Å². The Balaban J connectivity index is 3.37. The van der Waals surface area contributed by atoms with Gasteiger partial charge in [0.2, 0.25) is 0 Å². The van der Waals surface area contributed by atoms with Crippen molar-refractivity contribution in [1.29, 1.82) is 0 Å². The van der Waals surface area contributed by atoms with Crippen LogP contribution >= 0.6 is 0 Å². The fourth-order valence-electron chi connectivity index (χ4n) is 0.468. The predicted molar refractivity (Wildman–Crippen MR) is 42.6 cm³/mol. The SMILES string of the molecule is CCN(C)CC=C(C)C. The quantitative estimate of drug-likeness (QED) is 0.523. The fraction of sp³-hybridized carbons (Fsp3) is 0.750. The van der Waals surface area contributed by atoms with Crippen LogP contribution in [0, 0.1) is 0 Å². The summed E-state index contributed by atoms with van der Waals surface area (Å²) < 4.78 is 0. The summed E-state index contributed by atoms with van der Waals surface area (Å²) in [5, 5.41) is 0. The van der Waals surface area contributed by atoms with Gasteiger partial charge in [-0.3, -0.25) is 0 Å². The molecular weight excluding hydrogens is 110 g/mol. The molecule has 0 amide bonds. The van der Waals surface area contributed by atoms with Gasteiger partial charge >= 0.3 is 0 Å². The van der Waals surface area contributed by atoms with E-state index in [4.69, 9.17) is 0 Å². The summed E-state index contributed by atoms with van der Waals surface area (Å²) in [5.41, 5.74) is 1.40. The van der Waals surface area contributed by atoms with Gasteiger partial charge in [-0.2, -0.15) is 0 Å². The number of likely N-dealkylation sites (N-methyl/N-ethyl adjacent to an activating group) is 1. The molecule has 0 unspecified atom stereocenters. The molecule has 9 heavy (non-hydrogen) atoms. The van der Waals surface area contributed by atoms with Crippen LogP contribution in [0.1, 0.15) is 20.8 Å². The standard InChI is InChI=1S/C8H17N/c1-5-9(4)7-6-8(2)3/h6H,5,7H2,1-4H3. The van der Waals surface area contributed by atoms with E-state index in [-0.39, 0.29) is 0 Å². The molecule has 0 heterocycles. The van der Waals surface area contributed by atoms with Crippen molar-refractivity contribution in [3.8, 4) is 0 Å². The Bertz CT molecular complexity index is 90.7. The average molecular weight is 127 g/mol. The second-order valence-electron chi connectivity index (χ2n) is 2.64. The van der Waals surface area contributed by atoms with E-state index in [1.807, 2.05) is 0 Å². The Morgan fingerprint density at radius 1 is 1.44 bits per heavy atom. The molecule has 0 aliphatic carbocycles. The van der Waals surface area contributed by atoms with Gasteiger partial charge < -0.3 is 4.90 Å². The monoisotopic (exact) mass is 127 g/mol. The van der Waals surface area contributed by atoms with Crippen LogP contribution in [0.3, 0.4) is 0 Å². The lowest BCUT2D eigenvalue weighted by Crippen LogP contribution is -2.17. The number of rotatable bonds is 3. The van der Waals surface area contributed by atoms with Gasteiger partial charge in [-0.05, 0) is 27.4 Å². The van der Waals surface area contributed by atoms with Crippen LogP contribution in [0.5, 0.6) is 0 Å². The maximum atomic E-state index is 2.27. The molecule has 1 heteroatoms. The molecule has 0 aromatic carbocycles. The molecule has 1 nitrogen and oxygen atoms in total. The molecule has 0 saturated heterocycles. The van der Waals surface area contributed by atoms with Crippen molar-refractivity contribution in [3.63, 3.8) is 0 Å². The molecule has 0 N–H and O–H groups in total. The molecule has 0 aliphatic heterocycles. The van der Waals surface area contributed by atoms with Crippen LogP contribution in [0.2, 0.25) is 0 Å². The largest absolute Gasteiger partial charge is 0.303 e. The summed E-state index contributed by atoms with van der Waals surface area (Å²) in [6.45, 7) is 8.63. The Labute approximate surface area is 58.4 Å². The highest BCUT2D eigenvalue weighted by molar-refractivity contribution is 4.94. The predicted octanol–water partition coefficient (Wildman–Crippen LogP) is 1.90. The first-order valence-electron chi connectivity index (χ1n) is 3.48. The Morgan fingerprint density at radius 2 is 2.00 bits per heavy atom. The Kier molecular flexibility index (Phi) is 4.41. The maximum absolute atomic E-state index is 2.27. The van der Waals surface area contributed by atoms with E-state index in [1.165, 1.54) is 5.57 Å². The van der Waals surface area contributed by atoms with E-state index in [0.717, 1.165) is 13.1 Å². The maximum Gasteiger partial charge on any atom is 0.0162 e. The van der Waals surface area contributed by atoms with Gasteiger partial charge in [0.25, 0.3) is 0 Å². The van der Waals surface area contributed by atoms with Gasteiger partial charge in [0.15, 0.2) is 0 Å². The molecule has 0 saturated carbocycles. The molecule has 0 spiro atoms. The minimum atomic E-state index is 1.08. The highest BCUT2D eigenvalue weighted by Crippen LogP contribution is 1.89. The molecule has 0 rings (SSSR count). The number of hydrogen-bond acceptors (Lipinski definition) is 1. The number of nitrogens with zero attached hydrogens (tertiary/aromatic N) is 1. The average Bonchev–Trinajstić information content (AvgIpc) is 1.83. The first-order chi connectivity index (χ1) is 4.16. The van der Waals surface area contributed by atoms with E-state index in [1.54, 1.807) is 0 Å². The first kappa shape index (κ1) is 8.70. The van der Waals surface area contributed by atoms with Crippen molar-refractivity contribution in [2.45, 2.75) is 20.8 Å². The number of allylic oxidation sites excluding steroid dienone is 1. The molecule has 0 aromatic rings. The summed E-state index contributed by atoms with van der Waals surface area (Å²) in [6, 6.07) is 0. The third-order valence-corrected chi connectivity index (χ3v) is 1.35. The molecule has 0 bridgehead atoms. The summed E-state index contributed by atoms with van der Waals surface area (Å²) in [4.78, 5) is 2.27. The zero-order valence-electron chi connectivity index (χ0n) is 6.94. The van der Waals surface area contributed by atoms with Crippen LogP contribution in [-0.2, 0) is 0 Å². The van der Waals surface area contributed by atoms with Crippen molar-refractivity contribution >= 4 is 0 Å². The lowest BCUT2D eigenvalue weighted by molar-refractivity contribution is 0.391. The molecule has 0 aromatic heterocycles.